The predicted octanol–water partition coefficient (Wildman–Crippen LogP) is 2.25. The Morgan fingerprint density at radius 3 is 2.14 bits per heavy atom. The van der Waals surface area contributed by atoms with Crippen molar-refractivity contribution < 1.29 is 9.90 Å². The standard InChI is InChI=1S/C11H17NSi.C7H6O2/c1-3-9(2)13-11-6-4-10(8-12)5-7-11;8-7(9)6-4-2-1-3-5-6/h3-7H,8,12-13H2,1-2H3;1-5H,(H,8,9). The second-order valence-electron chi connectivity index (χ2n) is 5.00. The topological polar surface area (TPSA) is 63.3 Å². The summed E-state index contributed by atoms with van der Waals surface area (Å²) < 4.78 is 0. The highest BCUT2D eigenvalue weighted by molar-refractivity contribution is 6.60. The molecule has 22 heavy (non-hydrogen) atoms. The molecule has 0 bridgehead atoms. The van der Waals surface area contributed by atoms with Crippen LogP contribution in [-0.2, 0) is 6.54 Å². The Morgan fingerprint density at radius 1 is 1.14 bits per heavy atom. The monoisotopic (exact) mass is 313 g/mol. The summed E-state index contributed by atoms with van der Waals surface area (Å²) in [5, 5.41) is 11.4. The van der Waals surface area contributed by atoms with Crippen molar-refractivity contribution in [3.8, 4) is 0 Å². The molecule has 0 amide bonds. The Kier molecular flexibility index (Phi) is 7.89. The van der Waals surface area contributed by atoms with Crippen LogP contribution in [0, 0.1) is 0 Å². The van der Waals surface area contributed by atoms with Gasteiger partial charge in [-0.05, 0) is 31.5 Å². The van der Waals surface area contributed by atoms with E-state index in [0.29, 0.717) is 12.1 Å². The summed E-state index contributed by atoms with van der Waals surface area (Å²) in [4.78, 5) is 10.2. The van der Waals surface area contributed by atoms with Crippen LogP contribution in [0.3, 0.4) is 0 Å². The number of nitrogens with two attached hydrogens (primary N) is 1. The highest BCUT2D eigenvalue weighted by Gasteiger charge is 1.96. The van der Waals surface area contributed by atoms with Crippen LogP contribution in [0.25, 0.3) is 0 Å². The quantitative estimate of drug-likeness (QED) is 0.851. The zero-order valence-corrected chi connectivity index (χ0v) is 14.5. The van der Waals surface area contributed by atoms with E-state index in [9.17, 15) is 4.79 Å². The van der Waals surface area contributed by atoms with E-state index < -0.39 is 5.97 Å². The summed E-state index contributed by atoms with van der Waals surface area (Å²) in [5.74, 6) is -0.879. The van der Waals surface area contributed by atoms with Crippen LogP contribution >= 0.6 is 0 Å². The van der Waals surface area contributed by atoms with E-state index in [-0.39, 0.29) is 9.52 Å². The lowest BCUT2D eigenvalue weighted by Crippen LogP contribution is -2.15. The molecule has 2 rings (SSSR count). The Labute approximate surface area is 134 Å². The number of aromatic carboxylic acids is 1. The number of hydrogen-bond donors (Lipinski definition) is 2. The fourth-order valence-electron chi connectivity index (χ4n) is 1.80. The Morgan fingerprint density at radius 2 is 1.73 bits per heavy atom. The van der Waals surface area contributed by atoms with Crippen LogP contribution in [0.15, 0.2) is 65.9 Å². The molecular weight excluding hydrogens is 290 g/mol. The molecule has 0 aliphatic rings. The molecule has 0 atom stereocenters. The first kappa shape index (κ1) is 17.9. The third-order valence-corrected chi connectivity index (χ3v) is 5.10. The first-order valence-electron chi connectivity index (χ1n) is 7.24. The van der Waals surface area contributed by atoms with Crippen molar-refractivity contribution in [2.75, 3.05) is 0 Å². The Bertz CT molecular complexity index is 607. The molecular formula is C18H23NO2Si. The highest BCUT2D eigenvalue weighted by atomic mass is 28.2. The van der Waals surface area contributed by atoms with Gasteiger partial charge in [0.05, 0.1) is 15.1 Å². The second-order valence-corrected chi connectivity index (χ2v) is 7.29. The molecule has 0 aliphatic carbocycles. The molecule has 0 aromatic heterocycles. The molecule has 0 fully saturated rings. The molecule has 3 N–H and O–H groups in total. The van der Waals surface area contributed by atoms with Gasteiger partial charge >= 0.3 is 5.97 Å². The minimum Gasteiger partial charge on any atom is -0.478 e. The largest absolute Gasteiger partial charge is 0.478 e. The SMILES string of the molecule is CC=C(C)[SiH2]c1ccc(CN)cc1.O=C(O)c1ccccc1. The molecule has 116 valence electrons. The molecule has 0 saturated carbocycles. The zero-order valence-electron chi connectivity index (χ0n) is 13.1. The number of benzene rings is 2. The van der Waals surface area contributed by atoms with Gasteiger partial charge in [0.1, 0.15) is 0 Å². The third kappa shape index (κ3) is 6.52. The normalized spacial score (nSPS) is 11.1. The van der Waals surface area contributed by atoms with Gasteiger partial charge in [-0.1, -0.05) is 58.9 Å². The number of carboxylic acid groups (broad SMARTS) is 1. The molecule has 4 heteroatoms. The van der Waals surface area contributed by atoms with Gasteiger partial charge < -0.3 is 10.8 Å². The molecule has 0 aliphatic heterocycles. The Hall–Kier alpha value is -2.17. The minimum atomic E-state index is -0.879. The van der Waals surface area contributed by atoms with Crippen molar-refractivity contribution in [3.63, 3.8) is 0 Å². The predicted molar refractivity (Wildman–Crippen MR) is 95.3 cm³/mol. The number of carbonyl (C=O) groups is 1. The Balaban J connectivity index is 0.000000235. The van der Waals surface area contributed by atoms with Crippen LogP contribution < -0.4 is 10.9 Å². The number of carboxylic acids is 1. The van der Waals surface area contributed by atoms with E-state index in [1.54, 1.807) is 35.5 Å². The third-order valence-electron chi connectivity index (χ3n) is 3.26. The lowest BCUT2D eigenvalue weighted by atomic mass is 10.2. The fourth-order valence-corrected chi connectivity index (χ4v) is 3.12. The zero-order chi connectivity index (χ0) is 16.4. The van der Waals surface area contributed by atoms with Crippen LogP contribution in [0.2, 0.25) is 0 Å². The summed E-state index contributed by atoms with van der Waals surface area (Å²) >= 11 is 0. The van der Waals surface area contributed by atoms with Gasteiger partial charge in [-0.3, -0.25) is 0 Å². The van der Waals surface area contributed by atoms with Gasteiger partial charge in [0, 0.05) is 6.54 Å². The molecule has 2 aromatic carbocycles. The first-order chi connectivity index (χ1) is 10.6. The van der Waals surface area contributed by atoms with Crippen molar-refractivity contribution in [1.82, 2.24) is 0 Å². The van der Waals surface area contributed by atoms with E-state index in [1.165, 1.54) is 10.8 Å². The van der Waals surface area contributed by atoms with Gasteiger partial charge in [0.2, 0.25) is 0 Å². The summed E-state index contributed by atoms with van der Waals surface area (Å²) in [6.07, 6.45) is 2.21. The van der Waals surface area contributed by atoms with Crippen molar-refractivity contribution in [1.29, 1.82) is 0 Å². The summed E-state index contributed by atoms with van der Waals surface area (Å²) in [5.41, 5.74) is 7.08. The van der Waals surface area contributed by atoms with Crippen LogP contribution in [0.5, 0.6) is 0 Å². The average Bonchev–Trinajstić information content (AvgIpc) is 2.57. The molecule has 2 aromatic rings. The summed E-state index contributed by atoms with van der Waals surface area (Å²) in [7, 11) is -0.190. The number of hydrogen-bond acceptors (Lipinski definition) is 2. The summed E-state index contributed by atoms with van der Waals surface area (Å²) in [6.45, 7) is 4.96. The number of rotatable bonds is 4. The van der Waals surface area contributed by atoms with Gasteiger partial charge in [-0.15, -0.1) is 0 Å². The van der Waals surface area contributed by atoms with Crippen molar-refractivity contribution >= 4 is 20.7 Å². The van der Waals surface area contributed by atoms with Crippen LogP contribution in [-0.4, -0.2) is 20.6 Å². The van der Waals surface area contributed by atoms with Crippen molar-refractivity contribution in [3.05, 3.63) is 77.0 Å². The molecule has 0 saturated heterocycles. The van der Waals surface area contributed by atoms with Gasteiger partial charge in [0.25, 0.3) is 0 Å². The maximum Gasteiger partial charge on any atom is 0.335 e. The van der Waals surface area contributed by atoms with E-state index in [4.69, 9.17) is 10.8 Å². The van der Waals surface area contributed by atoms with Gasteiger partial charge in [0.15, 0.2) is 0 Å². The second kappa shape index (κ2) is 9.71. The fraction of sp³-hybridized carbons (Fsp3) is 0.167. The molecule has 0 heterocycles. The van der Waals surface area contributed by atoms with Crippen LogP contribution in [0.4, 0.5) is 0 Å². The number of allylic oxidation sites excluding steroid dienone is 2. The van der Waals surface area contributed by atoms with E-state index in [1.807, 2.05) is 0 Å². The average molecular weight is 313 g/mol. The maximum atomic E-state index is 10.2. The maximum absolute atomic E-state index is 10.2. The van der Waals surface area contributed by atoms with E-state index in [0.717, 1.165) is 0 Å². The smallest absolute Gasteiger partial charge is 0.335 e. The lowest BCUT2D eigenvalue weighted by molar-refractivity contribution is 0.0697. The first-order valence-corrected chi connectivity index (χ1v) is 8.66. The van der Waals surface area contributed by atoms with E-state index in [2.05, 4.69) is 44.2 Å². The van der Waals surface area contributed by atoms with Crippen molar-refractivity contribution in [2.45, 2.75) is 20.4 Å². The van der Waals surface area contributed by atoms with Gasteiger partial charge in [-0.25, -0.2) is 4.79 Å². The molecule has 0 spiro atoms. The molecule has 3 nitrogen and oxygen atoms in total. The summed E-state index contributed by atoms with van der Waals surface area (Å²) in [6, 6.07) is 17.0. The van der Waals surface area contributed by atoms with Crippen molar-refractivity contribution in [2.24, 2.45) is 5.73 Å². The molecule has 0 unspecified atom stereocenters. The minimum absolute atomic E-state index is 0.190. The van der Waals surface area contributed by atoms with Gasteiger partial charge in [-0.2, -0.15) is 0 Å². The lowest BCUT2D eigenvalue weighted by Gasteiger charge is -2.01. The molecule has 0 radical (unpaired) electrons. The van der Waals surface area contributed by atoms with E-state index >= 15 is 0 Å². The van der Waals surface area contributed by atoms with Crippen LogP contribution in [0.1, 0.15) is 29.8 Å². The highest BCUT2D eigenvalue weighted by Crippen LogP contribution is 1.97.